The topological polar surface area (TPSA) is 55.9 Å². The molecule has 0 amide bonds. The van der Waals surface area contributed by atoms with Crippen molar-refractivity contribution in [2.45, 2.75) is 32.4 Å². The number of aliphatic hydroxyl groups excluding tert-OH is 1. The van der Waals surface area contributed by atoms with Gasteiger partial charge in [-0.2, -0.15) is 10.2 Å². The van der Waals surface area contributed by atoms with E-state index in [9.17, 15) is 5.11 Å². The van der Waals surface area contributed by atoms with Crippen molar-refractivity contribution in [2.24, 2.45) is 7.05 Å². The van der Waals surface area contributed by atoms with Crippen LogP contribution in [0, 0.1) is 0 Å². The van der Waals surface area contributed by atoms with Crippen LogP contribution in [0.3, 0.4) is 0 Å². The number of aryl methyl sites for hydroxylation is 1. The Hall–Kier alpha value is -1.62. The molecule has 5 nitrogen and oxygen atoms in total. The van der Waals surface area contributed by atoms with E-state index in [0.29, 0.717) is 12.5 Å². The van der Waals surface area contributed by atoms with Gasteiger partial charge < -0.3 is 5.11 Å². The molecule has 0 bridgehead atoms. The van der Waals surface area contributed by atoms with Gasteiger partial charge in [-0.1, -0.05) is 0 Å². The summed E-state index contributed by atoms with van der Waals surface area (Å²) in [6, 6.07) is 4.11. The van der Waals surface area contributed by atoms with E-state index in [1.54, 1.807) is 10.9 Å². The number of hydrogen-bond donors (Lipinski definition) is 1. The molecule has 0 saturated carbocycles. The molecule has 17 heavy (non-hydrogen) atoms. The highest BCUT2D eigenvalue weighted by Gasteiger charge is 2.14. The molecule has 1 atom stereocenters. The second-order valence-corrected chi connectivity index (χ2v) is 4.48. The largest absolute Gasteiger partial charge is 0.386 e. The Bertz CT molecular complexity index is 486. The molecule has 5 heteroatoms. The van der Waals surface area contributed by atoms with E-state index < -0.39 is 6.10 Å². The number of hydrogen-bond acceptors (Lipinski definition) is 3. The molecule has 0 radical (unpaired) electrons. The van der Waals surface area contributed by atoms with Crippen molar-refractivity contribution in [1.82, 2.24) is 19.6 Å². The van der Waals surface area contributed by atoms with E-state index in [0.717, 1.165) is 11.4 Å². The van der Waals surface area contributed by atoms with Crippen LogP contribution in [0.2, 0.25) is 0 Å². The normalized spacial score (nSPS) is 13.2. The van der Waals surface area contributed by atoms with Gasteiger partial charge in [-0.3, -0.25) is 9.36 Å². The van der Waals surface area contributed by atoms with Crippen LogP contribution < -0.4 is 0 Å². The number of nitrogens with zero attached hydrogens (tertiary/aromatic N) is 4. The SMILES string of the molecule is CC(C)n1ccc(CC(O)c2ccnn2C)n1. The fraction of sp³-hybridized carbons (Fsp3) is 0.500. The zero-order valence-corrected chi connectivity index (χ0v) is 10.4. The van der Waals surface area contributed by atoms with Crippen molar-refractivity contribution in [3.8, 4) is 0 Å². The molecule has 0 fully saturated rings. The Morgan fingerprint density at radius 3 is 2.65 bits per heavy atom. The lowest BCUT2D eigenvalue weighted by molar-refractivity contribution is 0.167. The Morgan fingerprint density at radius 2 is 2.12 bits per heavy atom. The van der Waals surface area contributed by atoms with Crippen LogP contribution in [0.4, 0.5) is 0 Å². The monoisotopic (exact) mass is 234 g/mol. The lowest BCUT2D eigenvalue weighted by atomic mass is 10.1. The Labute approximate surface area is 101 Å². The summed E-state index contributed by atoms with van der Waals surface area (Å²) in [6.07, 6.45) is 3.58. The van der Waals surface area contributed by atoms with Crippen molar-refractivity contribution in [1.29, 1.82) is 0 Å². The summed E-state index contributed by atoms with van der Waals surface area (Å²) in [5.41, 5.74) is 1.71. The van der Waals surface area contributed by atoms with Gasteiger partial charge in [-0.15, -0.1) is 0 Å². The lowest BCUT2D eigenvalue weighted by Crippen LogP contribution is -2.09. The molecule has 0 spiro atoms. The third-order valence-corrected chi connectivity index (χ3v) is 2.80. The van der Waals surface area contributed by atoms with Gasteiger partial charge in [0.15, 0.2) is 0 Å². The molecule has 0 saturated heterocycles. The van der Waals surface area contributed by atoms with Crippen molar-refractivity contribution in [2.75, 3.05) is 0 Å². The van der Waals surface area contributed by atoms with Crippen molar-refractivity contribution in [3.63, 3.8) is 0 Å². The fourth-order valence-corrected chi connectivity index (χ4v) is 1.79. The van der Waals surface area contributed by atoms with E-state index in [-0.39, 0.29) is 0 Å². The number of aromatic nitrogens is 4. The van der Waals surface area contributed by atoms with Crippen molar-refractivity contribution < 1.29 is 5.11 Å². The lowest BCUT2D eigenvalue weighted by Gasteiger charge is -2.09. The second-order valence-electron chi connectivity index (χ2n) is 4.48. The van der Waals surface area contributed by atoms with Crippen molar-refractivity contribution >= 4 is 0 Å². The molecule has 0 aliphatic carbocycles. The summed E-state index contributed by atoms with van der Waals surface area (Å²) in [6.45, 7) is 4.16. The number of rotatable bonds is 4. The van der Waals surface area contributed by atoms with Gasteiger partial charge in [0.25, 0.3) is 0 Å². The van der Waals surface area contributed by atoms with Crippen LogP contribution >= 0.6 is 0 Å². The van der Waals surface area contributed by atoms with Crippen LogP contribution in [0.15, 0.2) is 24.5 Å². The first-order chi connectivity index (χ1) is 8.08. The summed E-state index contributed by atoms with van der Waals surface area (Å²) < 4.78 is 3.58. The van der Waals surface area contributed by atoms with Crippen LogP contribution in [-0.4, -0.2) is 24.7 Å². The van der Waals surface area contributed by atoms with Gasteiger partial charge in [-0.05, 0) is 26.0 Å². The highest BCUT2D eigenvalue weighted by molar-refractivity contribution is 5.09. The second kappa shape index (κ2) is 4.71. The number of aliphatic hydroxyl groups is 1. The molecule has 92 valence electrons. The Kier molecular flexibility index (Phi) is 3.28. The van der Waals surface area contributed by atoms with Gasteiger partial charge in [0.2, 0.25) is 0 Å². The average Bonchev–Trinajstić information content (AvgIpc) is 2.86. The first-order valence-electron chi connectivity index (χ1n) is 5.78. The van der Waals surface area contributed by atoms with E-state index in [2.05, 4.69) is 24.0 Å². The maximum absolute atomic E-state index is 10.1. The molecule has 0 aliphatic rings. The quantitative estimate of drug-likeness (QED) is 0.871. The maximum Gasteiger partial charge on any atom is 0.101 e. The third kappa shape index (κ3) is 2.55. The van der Waals surface area contributed by atoms with Gasteiger partial charge >= 0.3 is 0 Å². The minimum atomic E-state index is -0.557. The minimum absolute atomic E-state index is 0.345. The molecule has 1 unspecified atom stereocenters. The highest BCUT2D eigenvalue weighted by atomic mass is 16.3. The standard InChI is InChI=1S/C12H18N4O/c1-9(2)16-7-5-10(14-16)8-12(17)11-4-6-13-15(11)3/h4-7,9,12,17H,8H2,1-3H3. The van der Waals surface area contributed by atoms with Crippen molar-refractivity contribution in [3.05, 3.63) is 35.9 Å². The molecule has 1 N–H and O–H groups in total. The molecular weight excluding hydrogens is 216 g/mol. The fourth-order valence-electron chi connectivity index (χ4n) is 1.79. The molecule has 2 aromatic heterocycles. The molecule has 2 aromatic rings. The van der Waals surface area contributed by atoms with E-state index >= 15 is 0 Å². The molecule has 0 aromatic carbocycles. The predicted octanol–water partition coefficient (Wildman–Crippen LogP) is 1.47. The van der Waals surface area contributed by atoms with Gasteiger partial charge in [0.1, 0.15) is 6.10 Å². The Balaban J connectivity index is 2.08. The summed E-state index contributed by atoms with van der Waals surface area (Å²) in [7, 11) is 1.82. The summed E-state index contributed by atoms with van der Waals surface area (Å²) in [5, 5.41) is 18.5. The highest BCUT2D eigenvalue weighted by Crippen LogP contribution is 2.16. The summed E-state index contributed by atoms with van der Waals surface area (Å²) >= 11 is 0. The Morgan fingerprint density at radius 1 is 1.35 bits per heavy atom. The average molecular weight is 234 g/mol. The zero-order chi connectivity index (χ0) is 12.4. The van der Waals surface area contributed by atoms with Crippen LogP contribution in [0.5, 0.6) is 0 Å². The minimum Gasteiger partial charge on any atom is -0.386 e. The van der Waals surface area contributed by atoms with E-state index in [1.165, 1.54) is 0 Å². The smallest absolute Gasteiger partial charge is 0.101 e. The zero-order valence-electron chi connectivity index (χ0n) is 10.4. The van der Waals surface area contributed by atoms with Crippen LogP contribution in [0.1, 0.15) is 37.4 Å². The van der Waals surface area contributed by atoms with Crippen LogP contribution in [-0.2, 0) is 13.5 Å². The first-order valence-corrected chi connectivity index (χ1v) is 5.78. The molecule has 2 rings (SSSR count). The maximum atomic E-state index is 10.1. The summed E-state index contributed by atoms with van der Waals surface area (Å²) in [4.78, 5) is 0. The van der Waals surface area contributed by atoms with E-state index in [1.807, 2.05) is 30.1 Å². The molecular formula is C12H18N4O. The molecule has 2 heterocycles. The first kappa shape index (κ1) is 11.9. The predicted molar refractivity (Wildman–Crippen MR) is 64.5 cm³/mol. The van der Waals surface area contributed by atoms with Gasteiger partial charge in [0.05, 0.1) is 11.4 Å². The third-order valence-electron chi connectivity index (χ3n) is 2.80. The molecule has 0 aliphatic heterocycles. The van der Waals surface area contributed by atoms with E-state index in [4.69, 9.17) is 0 Å². The van der Waals surface area contributed by atoms with Crippen LogP contribution in [0.25, 0.3) is 0 Å². The van der Waals surface area contributed by atoms with Gasteiger partial charge in [0, 0.05) is 31.9 Å². The van der Waals surface area contributed by atoms with Gasteiger partial charge in [-0.25, -0.2) is 0 Å². The summed E-state index contributed by atoms with van der Waals surface area (Å²) in [5.74, 6) is 0.